The van der Waals surface area contributed by atoms with Gasteiger partial charge in [-0.1, -0.05) is 32.4 Å². The predicted molar refractivity (Wildman–Crippen MR) is 131 cm³/mol. The maximum absolute atomic E-state index is 12.9. The van der Waals surface area contributed by atoms with Crippen LogP contribution >= 0.6 is 11.6 Å². The summed E-state index contributed by atoms with van der Waals surface area (Å²) in [5.41, 5.74) is 1.66. The van der Waals surface area contributed by atoms with Crippen LogP contribution in [0.3, 0.4) is 0 Å². The Labute approximate surface area is 206 Å². The van der Waals surface area contributed by atoms with Crippen LogP contribution in [0.15, 0.2) is 30.3 Å². The molecule has 1 spiro atoms. The minimum atomic E-state index is -0.574. The van der Waals surface area contributed by atoms with Crippen molar-refractivity contribution in [3.63, 3.8) is 0 Å². The minimum Gasteiger partial charge on any atom is -0.497 e. The van der Waals surface area contributed by atoms with Crippen LogP contribution in [-0.2, 0) is 10.2 Å². The highest BCUT2D eigenvalue weighted by molar-refractivity contribution is 6.31. The molecule has 0 radical (unpaired) electrons. The van der Waals surface area contributed by atoms with Gasteiger partial charge < -0.3 is 19.1 Å². The first-order chi connectivity index (χ1) is 16.0. The van der Waals surface area contributed by atoms with E-state index in [0.29, 0.717) is 54.4 Å². The third kappa shape index (κ3) is 4.88. The first-order valence-corrected chi connectivity index (χ1v) is 12.0. The van der Waals surface area contributed by atoms with Gasteiger partial charge in [-0.15, -0.1) is 0 Å². The van der Waals surface area contributed by atoms with Crippen LogP contribution in [0.1, 0.15) is 61.5 Å². The normalized spacial score (nSPS) is 17.2. The number of likely N-dealkylation sites (tertiary alicyclic amines) is 1. The zero-order chi connectivity index (χ0) is 24.7. The molecule has 34 heavy (non-hydrogen) atoms. The lowest BCUT2D eigenvalue weighted by molar-refractivity contribution is -0.137. The Bertz CT molecular complexity index is 1110. The molecule has 0 unspecified atom stereocenters. The number of carbonyl (C=O) groups excluding carboxylic acids is 2. The molecule has 2 aliphatic rings. The lowest BCUT2D eigenvalue weighted by Gasteiger charge is -2.44. The van der Waals surface area contributed by atoms with E-state index in [-0.39, 0.29) is 23.7 Å². The third-order valence-electron chi connectivity index (χ3n) is 6.71. The molecular weight excluding hydrogens is 454 g/mol. The van der Waals surface area contributed by atoms with Crippen LogP contribution in [-0.4, -0.2) is 49.0 Å². The maximum atomic E-state index is 12.9. The van der Waals surface area contributed by atoms with E-state index in [2.05, 4.69) is 20.8 Å². The number of piperidine rings is 1. The summed E-state index contributed by atoms with van der Waals surface area (Å²) in [7, 11) is 1.63. The molecule has 1 saturated heterocycles. The smallest absolute Gasteiger partial charge is 0.260 e. The van der Waals surface area contributed by atoms with Gasteiger partial charge >= 0.3 is 0 Å². The van der Waals surface area contributed by atoms with E-state index < -0.39 is 5.60 Å². The van der Waals surface area contributed by atoms with Crippen LogP contribution < -0.4 is 14.2 Å². The van der Waals surface area contributed by atoms with Crippen molar-refractivity contribution in [1.82, 2.24) is 4.90 Å². The highest BCUT2D eigenvalue weighted by Gasteiger charge is 2.44. The highest BCUT2D eigenvalue weighted by atomic mass is 35.5. The van der Waals surface area contributed by atoms with E-state index in [1.54, 1.807) is 18.1 Å². The van der Waals surface area contributed by atoms with Crippen LogP contribution in [0.25, 0.3) is 0 Å². The minimum absolute atomic E-state index is 0.0391. The summed E-state index contributed by atoms with van der Waals surface area (Å²) in [4.78, 5) is 27.6. The number of halogens is 1. The molecule has 0 bridgehead atoms. The molecule has 0 N–H and O–H groups in total. The van der Waals surface area contributed by atoms with Gasteiger partial charge in [0.25, 0.3) is 5.91 Å². The maximum Gasteiger partial charge on any atom is 0.260 e. The molecule has 2 heterocycles. The number of benzene rings is 2. The molecule has 2 aromatic rings. The van der Waals surface area contributed by atoms with Gasteiger partial charge in [-0.2, -0.15) is 0 Å². The lowest BCUT2D eigenvalue weighted by Crippen LogP contribution is -2.53. The van der Waals surface area contributed by atoms with Crippen molar-refractivity contribution in [2.45, 2.75) is 58.0 Å². The second-order valence-corrected chi connectivity index (χ2v) is 10.7. The molecule has 7 heteroatoms. The summed E-state index contributed by atoms with van der Waals surface area (Å²) < 4.78 is 17.7. The van der Waals surface area contributed by atoms with Gasteiger partial charge in [0.05, 0.1) is 19.1 Å². The monoisotopic (exact) mass is 485 g/mol. The lowest BCUT2D eigenvalue weighted by atomic mass is 9.82. The number of aryl methyl sites for hydroxylation is 1. The number of hydrogen-bond acceptors (Lipinski definition) is 5. The zero-order valence-electron chi connectivity index (χ0n) is 20.5. The number of rotatable bonds is 4. The first-order valence-electron chi connectivity index (χ1n) is 11.6. The van der Waals surface area contributed by atoms with Crippen molar-refractivity contribution in [3.05, 3.63) is 52.0 Å². The quantitative estimate of drug-likeness (QED) is 0.583. The fourth-order valence-electron chi connectivity index (χ4n) is 4.73. The second-order valence-electron chi connectivity index (χ2n) is 10.3. The Morgan fingerprint density at radius 3 is 2.53 bits per heavy atom. The number of ether oxygens (including phenoxy) is 3. The zero-order valence-corrected chi connectivity index (χ0v) is 21.3. The van der Waals surface area contributed by atoms with E-state index in [1.807, 2.05) is 31.2 Å². The molecule has 0 atom stereocenters. The molecular formula is C27H32ClNO5. The number of carbonyl (C=O) groups is 2. The predicted octanol–water partition coefficient (Wildman–Crippen LogP) is 5.36. The molecule has 1 fully saturated rings. The number of nitrogens with zero attached hydrogens (tertiary/aromatic N) is 1. The summed E-state index contributed by atoms with van der Waals surface area (Å²) in [5, 5.41) is 0.538. The second kappa shape index (κ2) is 9.14. The number of Topliss-reactive ketones (excluding diaryl/α,β-unsaturated/α-hetero) is 1. The Hall–Kier alpha value is -2.73. The average molecular weight is 486 g/mol. The highest BCUT2D eigenvalue weighted by Crippen LogP contribution is 2.42. The van der Waals surface area contributed by atoms with Gasteiger partial charge in [0, 0.05) is 36.5 Å². The van der Waals surface area contributed by atoms with Crippen LogP contribution in [0.4, 0.5) is 0 Å². The van der Waals surface area contributed by atoms with Gasteiger partial charge in [0.2, 0.25) is 0 Å². The Balaban J connectivity index is 1.40. The van der Waals surface area contributed by atoms with E-state index >= 15 is 0 Å². The van der Waals surface area contributed by atoms with E-state index in [9.17, 15) is 9.59 Å². The van der Waals surface area contributed by atoms with Crippen molar-refractivity contribution < 1.29 is 23.8 Å². The fraction of sp³-hybridized carbons (Fsp3) is 0.481. The summed E-state index contributed by atoms with van der Waals surface area (Å²) >= 11 is 6.13. The average Bonchev–Trinajstić information content (AvgIpc) is 2.78. The molecule has 0 aromatic heterocycles. The Morgan fingerprint density at radius 1 is 1.18 bits per heavy atom. The van der Waals surface area contributed by atoms with Crippen molar-refractivity contribution in [2.75, 3.05) is 26.8 Å². The largest absolute Gasteiger partial charge is 0.497 e. The number of fused-ring (bicyclic) bond motifs is 1. The van der Waals surface area contributed by atoms with Gasteiger partial charge in [0.1, 0.15) is 22.8 Å². The molecule has 0 aliphatic carbocycles. The van der Waals surface area contributed by atoms with Crippen LogP contribution in [0.5, 0.6) is 17.2 Å². The number of ketones is 1. The van der Waals surface area contributed by atoms with Crippen molar-refractivity contribution in [3.8, 4) is 17.2 Å². The third-order valence-corrected chi connectivity index (χ3v) is 6.93. The standard InChI is InChI=1S/C27H32ClNO5/c1-17-12-18(28)13-20-22(30)15-27(34-25(17)20)8-10-29(11-9-27)24(31)16-33-23-7-6-19(32-5)14-21(23)26(2,3)4/h6-7,12-14H,8-11,15-16H2,1-5H3. The molecule has 182 valence electrons. The van der Waals surface area contributed by atoms with Gasteiger partial charge in [0.15, 0.2) is 12.4 Å². The molecule has 2 aliphatic heterocycles. The van der Waals surface area contributed by atoms with Crippen molar-refractivity contribution in [2.24, 2.45) is 0 Å². The molecule has 6 nitrogen and oxygen atoms in total. The SMILES string of the molecule is COc1ccc(OCC(=O)N2CCC3(CC2)CC(=O)c2cc(Cl)cc(C)c2O3)c(C(C)(C)C)c1. The molecule has 0 saturated carbocycles. The summed E-state index contributed by atoms with van der Waals surface area (Å²) in [6, 6.07) is 9.14. The topological polar surface area (TPSA) is 65.1 Å². The Morgan fingerprint density at radius 2 is 1.88 bits per heavy atom. The molecule has 2 aromatic carbocycles. The van der Waals surface area contributed by atoms with Crippen LogP contribution in [0, 0.1) is 6.92 Å². The summed E-state index contributed by atoms with van der Waals surface area (Å²) in [5.74, 6) is 2.03. The first kappa shape index (κ1) is 24.4. The van der Waals surface area contributed by atoms with Crippen molar-refractivity contribution in [1.29, 1.82) is 0 Å². The fourth-order valence-corrected chi connectivity index (χ4v) is 5.01. The summed E-state index contributed by atoms with van der Waals surface area (Å²) in [6.07, 6.45) is 1.50. The Kier molecular flexibility index (Phi) is 6.56. The number of methoxy groups -OCH3 is 1. The van der Waals surface area contributed by atoms with Gasteiger partial charge in [-0.25, -0.2) is 0 Å². The number of amides is 1. The number of hydrogen-bond donors (Lipinski definition) is 0. The van der Waals surface area contributed by atoms with E-state index in [1.165, 1.54) is 0 Å². The molecule has 4 rings (SSSR count). The van der Waals surface area contributed by atoms with Gasteiger partial charge in [-0.05, 0) is 48.2 Å². The van der Waals surface area contributed by atoms with Crippen LogP contribution in [0.2, 0.25) is 5.02 Å². The van der Waals surface area contributed by atoms with Gasteiger partial charge in [-0.3, -0.25) is 9.59 Å². The van der Waals surface area contributed by atoms with Crippen molar-refractivity contribution >= 4 is 23.3 Å². The van der Waals surface area contributed by atoms with E-state index in [4.69, 9.17) is 25.8 Å². The van der Waals surface area contributed by atoms with E-state index in [0.717, 1.165) is 16.9 Å². The molecule has 1 amide bonds. The summed E-state index contributed by atoms with van der Waals surface area (Å²) in [6.45, 7) is 9.19.